The third-order valence-electron chi connectivity index (χ3n) is 4.26. The first-order valence-corrected chi connectivity index (χ1v) is 8.11. The molecule has 0 aliphatic rings. The van der Waals surface area contributed by atoms with Gasteiger partial charge in [-0.1, -0.05) is 6.58 Å². The van der Waals surface area contributed by atoms with E-state index in [1.165, 1.54) is 0 Å². The minimum atomic E-state index is -8.66. The Bertz CT molecular complexity index is 782. The van der Waals surface area contributed by atoms with Crippen molar-refractivity contribution in [3.05, 3.63) is 12.2 Å². The van der Waals surface area contributed by atoms with Gasteiger partial charge < -0.3 is 4.90 Å². The first-order valence-electron chi connectivity index (χ1n) is 8.11. The van der Waals surface area contributed by atoms with Crippen LogP contribution >= 0.6 is 0 Å². The lowest BCUT2D eigenvalue weighted by atomic mass is 9.88. The number of rotatable bonds is 10. The first-order chi connectivity index (χ1) is 14.5. The van der Waals surface area contributed by atoms with Crippen LogP contribution in [0, 0.1) is 0 Å². The minimum absolute atomic E-state index is 0.0925. The largest absolute Gasteiger partial charge is 0.460 e. The lowest BCUT2D eigenvalue weighted by Gasteiger charge is -2.43. The Labute approximate surface area is 178 Å². The number of halogens is 17. The van der Waals surface area contributed by atoms with E-state index < -0.39 is 72.1 Å². The Morgan fingerprint density at radius 2 is 0.912 bits per heavy atom. The number of carbonyl (C=O) groups is 1. The number of likely N-dealkylation sites (N-methyl/N-ethyl adjacent to an activating group) is 1. The van der Waals surface area contributed by atoms with E-state index in [-0.39, 0.29) is 4.90 Å². The Morgan fingerprint density at radius 1 is 0.618 bits per heavy atom. The highest BCUT2D eigenvalue weighted by Crippen LogP contribution is 2.64. The van der Waals surface area contributed by atoms with Crippen molar-refractivity contribution in [2.75, 3.05) is 13.6 Å². The van der Waals surface area contributed by atoms with E-state index in [4.69, 9.17) is 0 Å². The third-order valence-corrected chi connectivity index (χ3v) is 4.26. The summed E-state index contributed by atoms with van der Waals surface area (Å²) in [4.78, 5) is 11.5. The standard InChI is InChI=1S/C15H12F17NO/c1-6(2)7(34)33(3)5-4-8(16,17)9(18,19)10(20,21)11(22,23)12(24,25)13(26,27)14(28,29)15(30,31)32/h1,4-5H2,2-3H3. The van der Waals surface area contributed by atoms with Crippen molar-refractivity contribution in [2.24, 2.45) is 0 Å². The van der Waals surface area contributed by atoms with Crippen molar-refractivity contribution in [1.29, 1.82) is 0 Å². The SMILES string of the molecule is C=C(C)C(=O)N(C)CCC(F)(F)C(F)(F)C(F)(F)C(F)(F)C(F)(F)C(F)(F)C(F)(F)C(F)(F)F. The van der Waals surface area contributed by atoms with Crippen molar-refractivity contribution < 1.29 is 79.4 Å². The number of hydrogen-bond donors (Lipinski definition) is 0. The van der Waals surface area contributed by atoms with Crippen molar-refractivity contribution in [3.63, 3.8) is 0 Å². The summed E-state index contributed by atoms with van der Waals surface area (Å²) in [6.07, 6.45) is -10.5. The van der Waals surface area contributed by atoms with Crippen LogP contribution in [0.4, 0.5) is 74.6 Å². The fourth-order valence-electron chi connectivity index (χ4n) is 2.09. The van der Waals surface area contributed by atoms with E-state index in [0.29, 0.717) is 7.05 Å². The van der Waals surface area contributed by atoms with E-state index in [1.807, 2.05) is 0 Å². The number of carbonyl (C=O) groups excluding carboxylic acids is 1. The van der Waals surface area contributed by atoms with Crippen LogP contribution in [0.5, 0.6) is 0 Å². The van der Waals surface area contributed by atoms with Gasteiger partial charge in [0.1, 0.15) is 0 Å². The lowest BCUT2D eigenvalue weighted by Crippen LogP contribution is -2.74. The highest BCUT2D eigenvalue weighted by molar-refractivity contribution is 5.91. The predicted molar refractivity (Wildman–Crippen MR) is 77.8 cm³/mol. The molecule has 0 heterocycles. The molecule has 0 saturated heterocycles. The zero-order valence-corrected chi connectivity index (χ0v) is 16.4. The zero-order chi connectivity index (χ0) is 28.1. The molecule has 0 aromatic heterocycles. The molecule has 202 valence electrons. The quantitative estimate of drug-likeness (QED) is 0.229. The molecule has 0 N–H and O–H groups in total. The van der Waals surface area contributed by atoms with Gasteiger partial charge in [0.05, 0.1) is 0 Å². The highest BCUT2D eigenvalue weighted by Gasteiger charge is 2.95. The maximum Gasteiger partial charge on any atom is 0.460 e. The number of amides is 1. The zero-order valence-electron chi connectivity index (χ0n) is 16.4. The molecular weight excluding hydrogens is 533 g/mol. The summed E-state index contributed by atoms with van der Waals surface area (Å²) < 4.78 is 223. The minimum Gasteiger partial charge on any atom is -0.342 e. The van der Waals surface area contributed by atoms with Gasteiger partial charge in [0, 0.05) is 25.6 Å². The Hall–Kier alpha value is -1.98. The van der Waals surface area contributed by atoms with Crippen LogP contribution in [0.1, 0.15) is 13.3 Å². The molecule has 0 aliphatic carbocycles. The van der Waals surface area contributed by atoms with Gasteiger partial charge in [0.2, 0.25) is 5.91 Å². The molecule has 0 rings (SSSR count). The molecule has 0 bridgehead atoms. The summed E-state index contributed by atoms with van der Waals surface area (Å²) in [6, 6.07) is 0. The number of nitrogens with zero attached hydrogens (tertiary/aromatic N) is 1. The fourth-order valence-corrected chi connectivity index (χ4v) is 2.09. The molecule has 19 heteroatoms. The molecule has 2 nitrogen and oxygen atoms in total. The third kappa shape index (κ3) is 4.49. The highest BCUT2D eigenvalue weighted by atomic mass is 19.4. The molecule has 0 fully saturated rings. The molecular formula is C15H12F17NO. The van der Waals surface area contributed by atoms with E-state index in [2.05, 4.69) is 6.58 Å². The van der Waals surface area contributed by atoms with Crippen LogP contribution in [0.2, 0.25) is 0 Å². The molecule has 0 atom stereocenters. The second-order valence-corrected chi connectivity index (χ2v) is 6.91. The monoisotopic (exact) mass is 545 g/mol. The van der Waals surface area contributed by atoms with Gasteiger partial charge in [-0.05, 0) is 6.92 Å². The van der Waals surface area contributed by atoms with Crippen LogP contribution in [0.15, 0.2) is 12.2 Å². The molecule has 0 aromatic rings. The van der Waals surface area contributed by atoms with Gasteiger partial charge in [-0.2, -0.15) is 74.6 Å². The summed E-state index contributed by atoms with van der Waals surface area (Å²) in [5.74, 6) is -57.9. The Morgan fingerprint density at radius 3 is 1.21 bits per heavy atom. The van der Waals surface area contributed by atoms with E-state index in [9.17, 15) is 79.4 Å². The van der Waals surface area contributed by atoms with E-state index >= 15 is 0 Å². The fraction of sp³-hybridized carbons (Fsp3) is 0.800. The molecule has 0 aliphatic heterocycles. The first kappa shape index (κ1) is 32.0. The van der Waals surface area contributed by atoms with Gasteiger partial charge >= 0.3 is 47.6 Å². The second-order valence-electron chi connectivity index (χ2n) is 6.91. The van der Waals surface area contributed by atoms with Crippen molar-refractivity contribution >= 4 is 5.91 Å². The molecule has 0 aromatic carbocycles. The molecule has 0 unspecified atom stereocenters. The normalized spacial score (nSPS) is 15.4. The molecule has 0 saturated carbocycles. The average molecular weight is 545 g/mol. The van der Waals surface area contributed by atoms with Gasteiger partial charge in [0.15, 0.2) is 0 Å². The van der Waals surface area contributed by atoms with Crippen molar-refractivity contribution in [1.82, 2.24) is 4.90 Å². The molecule has 1 amide bonds. The van der Waals surface area contributed by atoms with E-state index in [1.54, 1.807) is 0 Å². The maximum absolute atomic E-state index is 13.7. The summed E-state index contributed by atoms with van der Waals surface area (Å²) in [6.45, 7) is 2.26. The number of alkyl halides is 17. The lowest BCUT2D eigenvalue weighted by molar-refractivity contribution is -0.461. The van der Waals surface area contributed by atoms with Crippen LogP contribution < -0.4 is 0 Å². The van der Waals surface area contributed by atoms with E-state index in [0.717, 1.165) is 6.92 Å². The summed E-state index contributed by atoms with van der Waals surface area (Å²) in [5, 5.41) is 0. The number of hydrogen-bond acceptors (Lipinski definition) is 1. The second kappa shape index (κ2) is 8.60. The van der Waals surface area contributed by atoms with Crippen molar-refractivity contribution in [3.8, 4) is 0 Å². The summed E-state index contributed by atoms with van der Waals surface area (Å²) in [5.41, 5.74) is -0.443. The molecule has 34 heavy (non-hydrogen) atoms. The van der Waals surface area contributed by atoms with Crippen LogP contribution in [0.3, 0.4) is 0 Å². The Kier molecular flexibility index (Phi) is 8.10. The average Bonchev–Trinajstić information content (AvgIpc) is 2.63. The van der Waals surface area contributed by atoms with Gasteiger partial charge in [0.25, 0.3) is 0 Å². The van der Waals surface area contributed by atoms with Crippen LogP contribution in [-0.2, 0) is 4.79 Å². The summed E-state index contributed by atoms with van der Waals surface area (Å²) >= 11 is 0. The van der Waals surface area contributed by atoms with Crippen molar-refractivity contribution in [2.45, 2.75) is 61.0 Å². The predicted octanol–water partition coefficient (Wildman–Crippen LogP) is 6.42. The smallest absolute Gasteiger partial charge is 0.342 e. The molecule has 0 radical (unpaired) electrons. The maximum atomic E-state index is 13.7. The van der Waals surface area contributed by atoms with Gasteiger partial charge in [-0.15, -0.1) is 0 Å². The van der Waals surface area contributed by atoms with Gasteiger partial charge in [-0.25, -0.2) is 0 Å². The van der Waals surface area contributed by atoms with Crippen LogP contribution in [-0.4, -0.2) is 72.0 Å². The topological polar surface area (TPSA) is 20.3 Å². The Balaban J connectivity index is 6.45. The van der Waals surface area contributed by atoms with Gasteiger partial charge in [-0.3, -0.25) is 4.79 Å². The van der Waals surface area contributed by atoms with Crippen LogP contribution in [0.25, 0.3) is 0 Å². The molecule has 0 spiro atoms. The summed E-state index contributed by atoms with van der Waals surface area (Å²) in [7, 11) is 0.575.